The van der Waals surface area contributed by atoms with Crippen molar-refractivity contribution in [1.29, 1.82) is 0 Å². The molecule has 0 aliphatic carbocycles. The molecule has 1 atom stereocenters. The van der Waals surface area contributed by atoms with E-state index in [1.54, 1.807) is 31.2 Å². The number of benzene rings is 1. The van der Waals surface area contributed by atoms with E-state index in [2.05, 4.69) is 6.92 Å². The van der Waals surface area contributed by atoms with Crippen molar-refractivity contribution in [2.45, 2.75) is 77.3 Å². The SMILES string of the molecule is CCCCCCCCCC(c1ccccc1C)C(F)(F)F. The van der Waals surface area contributed by atoms with Crippen LogP contribution in [0.15, 0.2) is 24.3 Å². The fraction of sp³-hybridized carbons (Fsp3) is 0.667. The smallest absolute Gasteiger partial charge is 0.170 e. The van der Waals surface area contributed by atoms with Crippen LogP contribution in [-0.4, -0.2) is 6.18 Å². The quantitative estimate of drug-likeness (QED) is 0.441. The van der Waals surface area contributed by atoms with Crippen molar-refractivity contribution in [1.82, 2.24) is 0 Å². The van der Waals surface area contributed by atoms with Crippen LogP contribution in [0.5, 0.6) is 0 Å². The van der Waals surface area contributed by atoms with E-state index in [1.807, 2.05) is 0 Å². The highest BCUT2D eigenvalue weighted by Crippen LogP contribution is 2.39. The van der Waals surface area contributed by atoms with Crippen molar-refractivity contribution in [3.63, 3.8) is 0 Å². The van der Waals surface area contributed by atoms with Crippen LogP contribution in [0.3, 0.4) is 0 Å². The molecule has 0 radical (unpaired) electrons. The molecule has 3 heteroatoms. The summed E-state index contributed by atoms with van der Waals surface area (Å²) in [5, 5.41) is 0. The third kappa shape index (κ3) is 6.54. The monoisotopic (exact) mass is 300 g/mol. The molecule has 0 bridgehead atoms. The summed E-state index contributed by atoms with van der Waals surface area (Å²) in [7, 11) is 0. The summed E-state index contributed by atoms with van der Waals surface area (Å²) in [4.78, 5) is 0. The number of rotatable bonds is 9. The standard InChI is InChI=1S/C18H27F3/c1-3-4-5-6-7-8-9-14-17(18(19,20)21)16-13-11-10-12-15(16)2/h10-13,17H,3-9,14H2,1-2H3. The summed E-state index contributed by atoms with van der Waals surface area (Å²) in [5.74, 6) is -1.31. The fourth-order valence-corrected chi connectivity index (χ4v) is 2.78. The summed E-state index contributed by atoms with van der Waals surface area (Å²) >= 11 is 0. The number of aryl methyl sites for hydroxylation is 1. The first kappa shape index (κ1) is 18.1. The number of hydrogen-bond acceptors (Lipinski definition) is 0. The van der Waals surface area contributed by atoms with Crippen molar-refractivity contribution in [3.05, 3.63) is 35.4 Å². The Labute approximate surface area is 126 Å². The Bertz CT molecular complexity index is 396. The lowest BCUT2D eigenvalue weighted by Gasteiger charge is -2.22. The van der Waals surface area contributed by atoms with Crippen LogP contribution < -0.4 is 0 Å². The molecule has 0 nitrogen and oxygen atoms in total. The van der Waals surface area contributed by atoms with E-state index in [-0.39, 0.29) is 6.42 Å². The van der Waals surface area contributed by atoms with Crippen LogP contribution in [0.4, 0.5) is 13.2 Å². The summed E-state index contributed by atoms with van der Waals surface area (Å²) in [6.45, 7) is 3.93. The molecule has 0 amide bonds. The van der Waals surface area contributed by atoms with E-state index >= 15 is 0 Å². The van der Waals surface area contributed by atoms with E-state index < -0.39 is 12.1 Å². The Kier molecular flexibility index (Phi) is 7.84. The number of halogens is 3. The van der Waals surface area contributed by atoms with E-state index in [4.69, 9.17) is 0 Å². The maximum Gasteiger partial charge on any atom is 0.395 e. The summed E-state index contributed by atoms with van der Waals surface area (Å²) in [6.07, 6.45) is 3.46. The van der Waals surface area contributed by atoms with Crippen molar-refractivity contribution < 1.29 is 13.2 Å². The van der Waals surface area contributed by atoms with Gasteiger partial charge in [0.2, 0.25) is 0 Å². The molecule has 21 heavy (non-hydrogen) atoms. The second-order valence-corrected chi connectivity index (χ2v) is 5.86. The molecule has 0 aliphatic rings. The second kappa shape index (κ2) is 9.11. The minimum Gasteiger partial charge on any atom is -0.170 e. The molecule has 0 saturated heterocycles. The highest BCUT2D eigenvalue weighted by atomic mass is 19.4. The van der Waals surface area contributed by atoms with Crippen LogP contribution in [0.25, 0.3) is 0 Å². The van der Waals surface area contributed by atoms with Crippen molar-refractivity contribution in [2.24, 2.45) is 0 Å². The van der Waals surface area contributed by atoms with Gasteiger partial charge in [0.15, 0.2) is 0 Å². The van der Waals surface area contributed by atoms with E-state index in [9.17, 15) is 13.2 Å². The average molecular weight is 300 g/mol. The first-order chi connectivity index (χ1) is 9.96. The van der Waals surface area contributed by atoms with Crippen LogP contribution in [-0.2, 0) is 0 Å². The van der Waals surface area contributed by atoms with Crippen molar-refractivity contribution >= 4 is 0 Å². The lowest BCUT2D eigenvalue weighted by atomic mass is 9.89. The molecule has 0 fully saturated rings. The Morgan fingerprint density at radius 2 is 1.48 bits per heavy atom. The normalized spacial score (nSPS) is 13.4. The molecular weight excluding hydrogens is 273 g/mol. The number of unbranched alkanes of at least 4 members (excludes halogenated alkanes) is 6. The molecular formula is C18H27F3. The van der Waals surface area contributed by atoms with Gasteiger partial charge < -0.3 is 0 Å². The zero-order valence-electron chi connectivity index (χ0n) is 13.2. The Balaban J connectivity index is 2.48. The van der Waals surface area contributed by atoms with Crippen molar-refractivity contribution in [3.8, 4) is 0 Å². The number of alkyl halides is 3. The molecule has 1 unspecified atom stereocenters. The topological polar surface area (TPSA) is 0 Å². The van der Waals surface area contributed by atoms with Gasteiger partial charge in [-0.1, -0.05) is 76.1 Å². The highest BCUT2D eigenvalue weighted by Gasteiger charge is 2.40. The van der Waals surface area contributed by atoms with Crippen LogP contribution in [0.1, 0.15) is 75.3 Å². The van der Waals surface area contributed by atoms with Crippen molar-refractivity contribution in [2.75, 3.05) is 0 Å². The van der Waals surface area contributed by atoms with Crippen LogP contribution >= 0.6 is 0 Å². The molecule has 0 saturated carbocycles. The lowest BCUT2D eigenvalue weighted by molar-refractivity contribution is -0.152. The maximum absolute atomic E-state index is 13.3. The minimum absolute atomic E-state index is 0.210. The predicted octanol–water partition coefficient (Wildman–Crippen LogP) is 6.78. The molecule has 0 aliphatic heterocycles. The van der Waals surface area contributed by atoms with Gasteiger partial charge in [-0.15, -0.1) is 0 Å². The summed E-state index contributed by atoms with van der Waals surface area (Å²) < 4.78 is 39.8. The summed E-state index contributed by atoms with van der Waals surface area (Å²) in [6, 6.07) is 6.87. The van der Waals surface area contributed by atoms with E-state index in [0.717, 1.165) is 24.8 Å². The Hall–Kier alpha value is -0.990. The minimum atomic E-state index is -4.14. The molecule has 1 aromatic rings. The third-order valence-electron chi connectivity index (χ3n) is 4.06. The van der Waals surface area contributed by atoms with Gasteiger partial charge in [0.1, 0.15) is 0 Å². The van der Waals surface area contributed by atoms with E-state index in [1.165, 1.54) is 19.3 Å². The Morgan fingerprint density at radius 3 is 2.05 bits per heavy atom. The van der Waals surface area contributed by atoms with Gasteiger partial charge >= 0.3 is 6.18 Å². The zero-order valence-corrected chi connectivity index (χ0v) is 13.2. The first-order valence-electron chi connectivity index (χ1n) is 8.09. The number of hydrogen-bond donors (Lipinski definition) is 0. The summed E-state index contributed by atoms with van der Waals surface area (Å²) in [5.41, 5.74) is 1.18. The van der Waals surface area contributed by atoms with Gasteiger partial charge in [-0.25, -0.2) is 0 Å². The molecule has 0 heterocycles. The molecule has 0 aromatic heterocycles. The molecule has 120 valence electrons. The molecule has 0 N–H and O–H groups in total. The second-order valence-electron chi connectivity index (χ2n) is 5.86. The molecule has 1 aromatic carbocycles. The lowest BCUT2D eigenvalue weighted by Crippen LogP contribution is -2.21. The van der Waals surface area contributed by atoms with Gasteiger partial charge in [-0.05, 0) is 24.5 Å². The highest BCUT2D eigenvalue weighted by molar-refractivity contribution is 5.30. The van der Waals surface area contributed by atoms with Gasteiger partial charge in [0.25, 0.3) is 0 Å². The van der Waals surface area contributed by atoms with Crippen LogP contribution in [0, 0.1) is 6.92 Å². The van der Waals surface area contributed by atoms with Gasteiger partial charge in [0.05, 0.1) is 5.92 Å². The van der Waals surface area contributed by atoms with Gasteiger partial charge in [-0.2, -0.15) is 13.2 Å². The molecule has 0 spiro atoms. The maximum atomic E-state index is 13.3. The average Bonchev–Trinajstić information content (AvgIpc) is 2.42. The van der Waals surface area contributed by atoms with Crippen LogP contribution in [0.2, 0.25) is 0 Å². The Morgan fingerprint density at radius 1 is 0.905 bits per heavy atom. The first-order valence-corrected chi connectivity index (χ1v) is 8.09. The zero-order chi connectivity index (χ0) is 15.7. The van der Waals surface area contributed by atoms with Gasteiger partial charge in [0, 0.05) is 0 Å². The predicted molar refractivity (Wildman–Crippen MR) is 82.6 cm³/mol. The van der Waals surface area contributed by atoms with Gasteiger partial charge in [-0.3, -0.25) is 0 Å². The van der Waals surface area contributed by atoms with E-state index in [0.29, 0.717) is 12.0 Å². The third-order valence-corrected chi connectivity index (χ3v) is 4.06. The fourth-order valence-electron chi connectivity index (χ4n) is 2.78. The largest absolute Gasteiger partial charge is 0.395 e. The molecule has 1 rings (SSSR count).